The van der Waals surface area contributed by atoms with Crippen molar-refractivity contribution in [3.8, 4) is 5.75 Å². The van der Waals surface area contributed by atoms with Crippen molar-refractivity contribution < 1.29 is 19.1 Å². The molecule has 7 nitrogen and oxygen atoms in total. The van der Waals surface area contributed by atoms with Gasteiger partial charge in [-0.25, -0.2) is 9.69 Å². The molecule has 1 N–H and O–H groups in total. The maximum absolute atomic E-state index is 12.8. The van der Waals surface area contributed by atoms with E-state index in [0.29, 0.717) is 32.7 Å². The molecule has 3 amide bonds. The molecule has 0 saturated carbocycles. The van der Waals surface area contributed by atoms with Crippen molar-refractivity contribution in [2.75, 3.05) is 40.1 Å². The molecule has 1 aromatic rings. The summed E-state index contributed by atoms with van der Waals surface area (Å²) >= 11 is 0. The number of methoxy groups -OCH3 is 1. The second kappa shape index (κ2) is 7.41. The van der Waals surface area contributed by atoms with Crippen LogP contribution in [0.4, 0.5) is 4.79 Å². The molecule has 136 valence electrons. The third-order valence-electron chi connectivity index (χ3n) is 4.86. The number of ether oxygens (including phenoxy) is 2. The van der Waals surface area contributed by atoms with Gasteiger partial charge in [0.15, 0.2) is 0 Å². The Balaban J connectivity index is 1.60. The summed E-state index contributed by atoms with van der Waals surface area (Å²) in [4.78, 5) is 28.5. The Bertz CT molecular complexity index is 628. The molecule has 0 aromatic heterocycles. The summed E-state index contributed by atoms with van der Waals surface area (Å²) in [5, 5.41) is 2.87. The Kier molecular flexibility index (Phi) is 5.24. The van der Waals surface area contributed by atoms with Crippen LogP contribution >= 0.6 is 0 Å². The van der Waals surface area contributed by atoms with Crippen LogP contribution in [0, 0.1) is 0 Å². The predicted octanol–water partition coefficient (Wildman–Crippen LogP) is 1.23. The molecule has 2 saturated heterocycles. The molecule has 0 aliphatic carbocycles. The first-order valence-electron chi connectivity index (χ1n) is 8.59. The van der Waals surface area contributed by atoms with E-state index in [2.05, 4.69) is 10.2 Å². The highest BCUT2D eigenvalue weighted by Crippen LogP contribution is 2.24. The molecular formula is C18H25N3O4. The van der Waals surface area contributed by atoms with Crippen molar-refractivity contribution in [3.05, 3.63) is 29.8 Å². The van der Waals surface area contributed by atoms with Crippen LogP contribution < -0.4 is 10.1 Å². The SMILES string of the molecule is COc1ccc(CC[C@]2(C)NC(=O)N(CN3CCOCC3)C2=O)cc1. The maximum Gasteiger partial charge on any atom is 0.326 e. The number of aryl methyl sites for hydroxylation is 1. The van der Waals surface area contributed by atoms with E-state index in [9.17, 15) is 9.59 Å². The normalized spacial score (nSPS) is 24.5. The number of rotatable bonds is 6. The van der Waals surface area contributed by atoms with Gasteiger partial charge >= 0.3 is 6.03 Å². The number of carbonyl (C=O) groups excluding carboxylic acids is 2. The fourth-order valence-electron chi connectivity index (χ4n) is 3.17. The van der Waals surface area contributed by atoms with Gasteiger partial charge in [0.05, 0.1) is 27.0 Å². The third kappa shape index (κ3) is 3.93. The van der Waals surface area contributed by atoms with Crippen molar-refractivity contribution >= 4 is 11.9 Å². The number of imide groups is 1. The van der Waals surface area contributed by atoms with Crippen LogP contribution in [0.5, 0.6) is 5.75 Å². The van der Waals surface area contributed by atoms with Gasteiger partial charge in [-0.3, -0.25) is 9.69 Å². The number of nitrogens with one attached hydrogen (secondary N) is 1. The van der Waals surface area contributed by atoms with Gasteiger partial charge in [-0.2, -0.15) is 0 Å². The van der Waals surface area contributed by atoms with Crippen molar-refractivity contribution in [2.45, 2.75) is 25.3 Å². The number of carbonyl (C=O) groups is 2. The van der Waals surface area contributed by atoms with Crippen LogP contribution in [-0.2, 0) is 16.0 Å². The van der Waals surface area contributed by atoms with E-state index in [-0.39, 0.29) is 11.9 Å². The highest BCUT2D eigenvalue weighted by atomic mass is 16.5. The van der Waals surface area contributed by atoms with Crippen molar-refractivity contribution in [1.29, 1.82) is 0 Å². The number of morpholine rings is 1. The predicted molar refractivity (Wildman–Crippen MR) is 92.4 cm³/mol. The monoisotopic (exact) mass is 347 g/mol. The van der Waals surface area contributed by atoms with Crippen LogP contribution in [0.1, 0.15) is 18.9 Å². The van der Waals surface area contributed by atoms with Gasteiger partial charge < -0.3 is 14.8 Å². The number of nitrogens with zero attached hydrogens (tertiary/aromatic N) is 2. The summed E-state index contributed by atoms with van der Waals surface area (Å²) in [5.74, 6) is 0.648. The zero-order valence-electron chi connectivity index (χ0n) is 14.8. The van der Waals surface area contributed by atoms with E-state index >= 15 is 0 Å². The second-order valence-electron chi connectivity index (χ2n) is 6.72. The van der Waals surface area contributed by atoms with Gasteiger partial charge in [0, 0.05) is 13.1 Å². The summed E-state index contributed by atoms with van der Waals surface area (Å²) < 4.78 is 10.5. The highest BCUT2D eigenvalue weighted by Gasteiger charge is 2.47. The van der Waals surface area contributed by atoms with E-state index in [1.165, 1.54) is 4.90 Å². The van der Waals surface area contributed by atoms with Gasteiger partial charge in [0.25, 0.3) is 5.91 Å². The lowest BCUT2D eigenvalue weighted by molar-refractivity contribution is -0.133. The zero-order chi connectivity index (χ0) is 17.9. The standard InChI is InChI=1S/C18H25N3O4/c1-18(8-7-14-3-5-15(24-2)6-4-14)16(22)21(17(23)19-18)13-20-9-11-25-12-10-20/h3-6H,7-13H2,1-2H3,(H,19,23)/t18-/m0/s1. The molecule has 1 aromatic carbocycles. The lowest BCUT2D eigenvalue weighted by Crippen LogP contribution is -2.48. The largest absolute Gasteiger partial charge is 0.497 e. The summed E-state index contributed by atoms with van der Waals surface area (Å²) in [7, 11) is 1.63. The minimum atomic E-state index is -0.858. The molecule has 7 heteroatoms. The van der Waals surface area contributed by atoms with Crippen molar-refractivity contribution in [1.82, 2.24) is 15.1 Å². The topological polar surface area (TPSA) is 71.1 Å². The third-order valence-corrected chi connectivity index (χ3v) is 4.86. The molecule has 1 atom stereocenters. The van der Waals surface area contributed by atoms with Gasteiger partial charge in [-0.1, -0.05) is 12.1 Å². The number of hydrogen-bond acceptors (Lipinski definition) is 5. The minimum absolute atomic E-state index is 0.155. The van der Waals surface area contributed by atoms with E-state index < -0.39 is 5.54 Å². The van der Waals surface area contributed by atoms with Gasteiger partial charge in [0.2, 0.25) is 0 Å². The van der Waals surface area contributed by atoms with Crippen LogP contribution in [0.2, 0.25) is 0 Å². The van der Waals surface area contributed by atoms with E-state index in [1.807, 2.05) is 24.3 Å². The van der Waals surface area contributed by atoms with E-state index in [0.717, 1.165) is 24.4 Å². The average Bonchev–Trinajstić information content (AvgIpc) is 2.85. The second-order valence-corrected chi connectivity index (χ2v) is 6.72. The minimum Gasteiger partial charge on any atom is -0.497 e. The molecule has 0 bridgehead atoms. The van der Waals surface area contributed by atoms with Gasteiger partial charge in [-0.05, 0) is 37.5 Å². The molecule has 25 heavy (non-hydrogen) atoms. The number of urea groups is 1. The van der Waals surface area contributed by atoms with Crippen LogP contribution in [-0.4, -0.2) is 67.4 Å². The summed E-state index contributed by atoms with van der Waals surface area (Å²) in [5.41, 5.74) is 0.249. The molecule has 2 aliphatic heterocycles. The van der Waals surface area contributed by atoms with Crippen LogP contribution in [0.15, 0.2) is 24.3 Å². The Labute approximate surface area is 147 Å². The Hall–Kier alpha value is -2.12. The smallest absolute Gasteiger partial charge is 0.326 e. The lowest BCUT2D eigenvalue weighted by Gasteiger charge is -2.29. The molecule has 0 radical (unpaired) electrons. The number of hydrogen-bond donors (Lipinski definition) is 1. The van der Waals surface area contributed by atoms with Crippen molar-refractivity contribution in [3.63, 3.8) is 0 Å². The maximum atomic E-state index is 12.8. The lowest BCUT2D eigenvalue weighted by atomic mass is 9.93. The first kappa shape index (κ1) is 17.7. The molecule has 3 rings (SSSR count). The average molecular weight is 347 g/mol. The molecule has 2 heterocycles. The number of benzene rings is 1. The quantitative estimate of drug-likeness (QED) is 0.784. The van der Waals surface area contributed by atoms with Crippen LogP contribution in [0.3, 0.4) is 0 Å². The van der Waals surface area contributed by atoms with E-state index in [4.69, 9.17) is 9.47 Å². The molecule has 2 fully saturated rings. The van der Waals surface area contributed by atoms with Gasteiger partial charge in [0.1, 0.15) is 11.3 Å². The zero-order valence-corrected chi connectivity index (χ0v) is 14.8. The molecule has 0 spiro atoms. The number of amides is 3. The molecule has 2 aliphatic rings. The highest BCUT2D eigenvalue weighted by molar-refractivity contribution is 6.06. The first-order chi connectivity index (χ1) is 12.0. The fraction of sp³-hybridized carbons (Fsp3) is 0.556. The van der Waals surface area contributed by atoms with E-state index in [1.54, 1.807) is 14.0 Å². The first-order valence-corrected chi connectivity index (χ1v) is 8.59. The fourth-order valence-corrected chi connectivity index (χ4v) is 3.17. The summed E-state index contributed by atoms with van der Waals surface area (Å²) in [6.07, 6.45) is 1.27. The Morgan fingerprint density at radius 1 is 1.20 bits per heavy atom. The Morgan fingerprint density at radius 2 is 1.88 bits per heavy atom. The van der Waals surface area contributed by atoms with Gasteiger partial charge in [-0.15, -0.1) is 0 Å². The summed E-state index contributed by atoms with van der Waals surface area (Å²) in [6, 6.07) is 7.45. The summed E-state index contributed by atoms with van der Waals surface area (Å²) in [6.45, 7) is 4.87. The molecule has 0 unspecified atom stereocenters. The van der Waals surface area contributed by atoms with Crippen molar-refractivity contribution in [2.24, 2.45) is 0 Å². The Morgan fingerprint density at radius 3 is 2.52 bits per heavy atom. The van der Waals surface area contributed by atoms with Crippen LogP contribution in [0.25, 0.3) is 0 Å². The molecular weight excluding hydrogens is 322 g/mol.